The highest BCUT2D eigenvalue weighted by atomic mass is 35.5. The molecule has 3 N–H and O–H groups in total. The van der Waals surface area contributed by atoms with Crippen molar-refractivity contribution in [2.75, 3.05) is 33.4 Å². The molecule has 2 aliphatic heterocycles. The number of piperidine rings is 1. The van der Waals surface area contributed by atoms with Crippen LogP contribution in [0.1, 0.15) is 35.6 Å². The Labute approximate surface area is 220 Å². The molecule has 1 aromatic heterocycles. The van der Waals surface area contributed by atoms with Crippen molar-refractivity contribution in [3.8, 4) is 5.75 Å². The number of hydrogen-bond donors (Lipinski definition) is 3. The Kier molecular flexibility index (Phi) is 6.96. The Morgan fingerprint density at radius 2 is 1.94 bits per heavy atom. The van der Waals surface area contributed by atoms with Crippen LogP contribution in [0, 0.1) is 5.92 Å². The Hall–Kier alpha value is -2.65. The van der Waals surface area contributed by atoms with E-state index >= 15 is 0 Å². The summed E-state index contributed by atoms with van der Waals surface area (Å²) in [6.45, 7) is 2.67. The van der Waals surface area contributed by atoms with Gasteiger partial charge in [-0.25, -0.2) is 0 Å². The molecule has 2 aliphatic rings. The maximum atomic E-state index is 12.1. The van der Waals surface area contributed by atoms with E-state index < -0.39 is 17.4 Å². The molecule has 2 aromatic carbocycles. The van der Waals surface area contributed by atoms with Gasteiger partial charge in [-0.1, -0.05) is 48.1 Å². The van der Waals surface area contributed by atoms with E-state index in [4.69, 9.17) is 33.3 Å². The molecule has 3 aromatic rings. The molecule has 2 fully saturated rings. The number of thiocarbonyl (C=S) groups is 1. The van der Waals surface area contributed by atoms with E-state index in [2.05, 4.69) is 10.6 Å². The van der Waals surface area contributed by atoms with Crippen molar-refractivity contribution in [1.82, 2.24) is 15.2 Å². The molecule has 1 unspecified atom stereocenters. The van der Waals surface area contributed by atoms with Gasteiger partial charge in [-0.3, -0.25) is 4.79 Å². The first-order valence-corrected chi connectivity index (χ1v) is 12.9. The third-order valence-corrected chi connectivity index (χ3v) is 8.27. The fourth-order valence-corrected chi connectivity index (χ4v) is 6.12. The fourth-order valence-electron chi connectivity index (χ4n) is 5.43. The largest absolute Gasteiger partial charge is 0.495 e. The second-order valence-corrected chi connectivity index (χ2v) is 10.4. The van der Waals surface area contributed by atoms with E-state index in [0.717, 1.165) is 53.7 Å². The number of ether oxygens (including phenoxy) is 2. The summed E-state index contributed by atoms with van der Waals surface area (Å²) >= 11 is 12.4. The normalized spacial score (nSPS) is 18.4. The summed E-state index contributed by atoms with van der Waals surface area (Å²) in [4.78, 5) is 12.7. The molecule has 2 saturated heterocycles. The van der Waals surface area contributed by atoms with Gasteiger partial charge in [-0.2, -0.15) is 0 Å². The maximum absolute atomic E-state index is 12.1. The molecule has 7 nitrogen and oxygen atoms in total. The Bertz CT molecular complexity index is 1300. The van der Waals surface area contributed by atoms with E-state index in [9.17, 15) is 9.90 Å². The highest BCUT2D eigenvalue weighted by Gasteiger charge is 2.42. The number of carbonyl (C=O) groups is 1. The van der Waals surface area contributed by atoms with Crippen molar-refractivity contribution in [3.05, 3.63) is 64.3 Å². The molecule has 5 rings (SSSR count). The van der Waals surface area contributed by atoms with Crippen molar-refractivity contribution in [3.63, 3.8) is 0 Å². The number of aromatic nitrogens is 1. The number of fused-ring (bicyclic) bond motifs is 1. The standard InChI is InChI=1S/C27H30ClN3O4S/c1-31-20-7-8-22(34-2)24(28)19(20)13-21(31)25(36)30-27(14-35-15-27)18-5-3-16(4-6-18)23(26(32)33)17-9-11-29-12-10-17/h3-8,13,17,23,29H,9-12,14-15H2,1-2H3,(H,30,36)(H,32,33). The molecule has 1 atom stereocenters. The number of nitrogens with one attached hydrogen (secondary N) is 2. The first-order chi connectivity index (χ1) is 17.3. The average Bonchev–Trinajstić information content (AvgIpc) is 3.20. The van der Waals surface area contributed by atoms with Crippen LogP contribution in [0.4, 0.5) is 0 Å². The van der Waals surface area contributed by atoms with Crippen molar-refractivity contribution in [2.45, 2.75) is 24.3 Å². The molecule has 0 amide bonds. The van der Waals surface area contributed by atoms with Crippen molar-refractivity contribution >= 4 is 45.7 Å². The lowest BCUT2D eigenvalue weighted by atomic mass is 9.79. The number of carboxylic acids is 1. The molecule has 9 heteroatoms. The molecule has 0 aliphatic carbocycles. The van der Waals surface area contributed by atoms with E-state index in [0.29, 0.717) is 29.0 Å². The second-order valence-electron chi connectivity index (χ2n) is 9.66. The van der Waals surface area contributed by atoms with Crippen LogP contribution < -0.4 is 15.4 Å². The van der Waals surface area contributed by atoms with Gasteiger partial charge in [0.15, 0.2) is 0 Å². The molecule has 0 radical (unpaired) electrons. The molecule has 190 valence electrons. The molecule has 0 spiro atoms. The zero-order chi connectivity index (χ0) is 25.4. The molecule has 36 heavy (non-hydrogen) atoms. The number of hydrogen-bond acceptors (Lipinski definition) is 5. The molecular formula is C27H30ClN3O4S. The van der Waals surface area contributed by atoms with E-state index in [1.54, 1.807) is 7.11 Å². The fraction of sp³-hybridized carbons (Fsp3) is 0.407. The number of aliphatic carboxylic acids is 1. The van der Waals surface area contributed by atoms with E-state index in [1.165, 1.54) is 0 Å². The number of halogens is 1. The minimum absolute atomic E-state index is 0.137. The highest BCUT2D eigenvalue weighted by Crippen LogP contribution is 2.37. The molecular weight excluding hydrogens is 498 g/mol. The molecule has 3 heterocycles. The molecule has 0 bridgehead atoms. The van der Waals surface area contributed by atoms with Gasteiger partial charge in [-0.05, 0) is 61.2 Å². The lowest BCUT2D eigenvalue weighted by Gasteiger charge is -2.43. The zero-order valence-corrected chi connectivity index (χ0v) is 21.9. The van der Waals surface area contributed by atoms with Crippen molar-refractivity contribution in [1.29, 1.82) is 0 Å². The van der Waals surface area contributed by atoms with Crippen molar-refractivity contribution in [2.24, 2.45) is 13.0 Å². The van der Waals surface area contributed by atoms with Gasteiger partial charge >= 0.3 is 5.97 Å². The van der Waals surface area contributed by atoms with Crippen LogP contribution in [0.25, 0.3) is 10.9 Å². The monoisotopic (exact) mass is 527 g/mol. The lowest BCUT2D eigenvalue weighted by molar-refractivity contribution is -0.140. The van der Waals surface area contributed by atoms with Crippen molar-refractivity contribution < 1.29 is 19.4 Å². The summed E-state index contributed by atoms with van der Waals surface area (Å²) in [6, 6.07) is 13.7. The minimum atomic E-state index is -0.762. The second kappa shape index (κ2) is 10.0. The summed E-state index contributed by atoms with van der Waals surface area (Å²) in [7, 11) is 3.56. The Balaban J connectivity index is 1.40. The van der Waals surface area contributed by atoms with Crippen LogP contribution in [-0.4, -0.2) is 54.0 Å². The number of methoxy groups -OCH3 is 1. The van der Waals surface area contributed by atoms with Gasteiger partial charge in [-0.15, -0.1) is 0 Å². The third kappa shape index (κ3) is 4.36. The molecule has 0 saturated carbocycles. The van der Waals surface area contributed by atoms with E-state index in [1.807, 2.05) is 54.1 Å². The smallest absolute Gasteiger partial charge is 0.311 e. The maximum Gasteiger partial charge on any atom is 0.311 e. The van der Waals surface area contributed by atoms with Crippen LogP contribution in [0.15, 0.2) is 42.5 Å². The quantitative estimate of drug-likeness (QED) is 0.397. The van der Waals surface area contributed by atoms with Gasteiger partial charge in [0.25, 0.3) is 0 Å². The third-order valence-electron chi connectivity index (χ3n) is 7.57. The van der Waals surface area contributed by atoms with Gasteiger partial charge in [0.05, 0.1) is 42.5 Å². The first-order valence-electron chi connectivity index (χ1n) is 12.1. The number of carboxylic acid groups (broad SMARTS) is 1. The van der Waals surface area contributed by atoms with Crippen LogP contribution in [0.2, 0.25) is 5.02 Å². The predicted octanol–water partition coefficient (Wildman–Crippen LogP) is 4.20. The first kappa shape index (κ1) is 25.0. The van der Waals surface area contributed by atoms with Crippen LogP contribution in [0.3, 0.4) is 0 Å². The number of nitrogens with zero attached hydrogens (tertiary/aromatic N) is 1. The van der Waals surface area contributed by atoms with Gasteiger partial charge in [0.1, 0.15) is 16.3 Å². The summed E-state index contributed by atoms with van der Waals surface area (Å²) in [6.07, 6.45) is 1.74. The Morgan fingerprint density at radius 1 is 1.25 bits per heavy atom. The summed E-state index contributed by atoms with van der Waals surface area (Å²) in [5.74, 6) is -0.505. The average molecular weight is 528 g/mol. The highest BCUT2D eigenvalue weighted by molar-refractivity contribution is 7.80. The number of aryl methyl sites for hydroxylation is 1. The van der Waals surface area contributed by atoms with Crippen LogP contribution >= 0.6 is 23.8 Å². The minimum Gasteiger partial charge on any atom is -0.495 e. The summed E-state index contributed by atoms with van der Waals surface area (Å²) < 4.78 is 13.0. The van der Waals surface area contributed by atoms with Gasteiger partial charge < -0.3 is 29.8 Å². The van der Waals surface area contributed by atoms with Crippen LogP contribution in [0.5, 0.6) is 5.75 Å². The van der Waals surface area contributed by atoms with Crippen LogP contribution in [-0.2, 0) is 22.1 Å². The number of rotatable bonds is 7. The lowest BCUT2D eigenvalue weighted by Crippen LogP contribution is -2.59. The number of benzene rings is 2. The van der Waals surface area contributed by atoms with Gasteiger partial charge in [0, 0.05) is 12.4 Å². The zero-order valence-electron chi connectivity index (χ0n) is 20.3. The topological polar surface area (TPSA) is 84.8 Å². The van der Waals surface area contributed by atoms with E-state index in [-0.39, 0.29) is 5.92 Å². The predicted molar refractivity (Wildman–Crippen MR) is 144 cm³/mol. The SMILES string of the molecule is COc1ccc2c(cc(C(=S)NC3(c4ccc(C(C(=O)O)C5CCNCC5)cc4)COC3)n2C)c1Cl. The van der Waals surface area contributed by atoms with Gasteiger partial charge in [0.2, 0.25) is 0 Å². The summed E-state index contributed by atoms with van der Waals surface area (Å²) in [5.41, 5.74) is 3.19. The summed E-state index contributed by atoms with van der Waals surface area (Å²) in [5, 5.41) is 18.2. The Morgan fingerprint density at radius 3 is 2.53 bits per heavy atom.